The summed E-state index contributed by atoms with van der Waals surface area (Å²) >= 11 is 0. The molecule has 0 unspecified atom stereocenters. The third-order valence-corrected chi connectivity index (χ3v) is 4.00. The molecule has 1 fully saturated rings. The fourth-order valence-corrected chi connectivity index (χ4v) is 2.99. The molecule has 3 rings (SSSR count). The molecular formula is C15H18N2O2. The van der Waals surface area contributed by atoms with Crippen LogP contribution >= 0.6 is 0 Å². The molecule has 0 aromatic heterocycles. The molecule has 1 N–H and O–H groups in total. The average molecular weight is 258 g/mol. The zero-order chi connectivity index (χ0) is 13.4. The maximum atomic E-state index is 12.0. The number of carbonyl (C=O) groups excluding carboxylic acids is 2. The molecule has 0 spiro atoms. The van der Waals surface area contributed by atoms with Crippen LogP contribution in [0.3, 0.4) is 0 Å². The number of aryl methyl sites for hydroxylation is 2. The highest BCUT2D eigenvalue weighted by molar-refractivity contribution is 6.06. The molecule has 1 aromatic rings. The average Bonchev–Trinajstić information content (AvgIpc) is 2.95. The molecule has 1 heterocycles. The predicted molar refractivity (Wildman–Crippen MR) is 72.9 cm³/mol. The van der Waals surface area contributed by atoms with Crippen LogP contribution in [-0.4, -0.2) is 29.3 Å². The molecule has 2 aliphatic rings. The van der Waals surface area contributed by atoms with E-state index >= 15 is 0 Å². The lowest BCUT2D eigenvalue weighted by molar-refractivity contribution is -0.138. The van der Waals surface area contributed by atoms with Crippen molar-refractivity contribution in [1.29, 1.82) is 0 Å². The molecule has 0 bridgehead atoms. The molecule has 1 atom stereocenters. The first-order valence-corrected chi connectivity index (χ1v) is 6.91. The van der Waals surface area contributed by atoms with Gasteiger partial charge in [0.2, 0.25) is 5.91 Å². The lowest BCUT2D eigenvalue weighted by Gasteiger charge is -2.14. The summed E-state index contributed by atoms with van der Waals surface area (Å²) in [5.41, 5.74) is 3.73. The van der Waals surface area contributed by atoms with E-state index in [9.17, 15) is 9.59 Å². The fourth-order valence-electron chi connectivity index (χ4n) is 2.99. The molecule has 0 radical (unpaired) electrons. The number of nitrogens with one attached hydrogen (secondary N) is 1. The van der Waals surface area contributed by atoms with E-state index in [1.807, 2.05) is 13.0 Å². The third-order valence-electron chi connectivity index (χ3n) is 4.00. The molecular weight excluding hydrogens is 240 g/mol. The van der Waals surface area contributed by atoms with Gasteiger partial charge in [0, 0.05) is 12.2 Å². The number of likely N-dealkylation sites (tertiary alicyclic amines) is 1. The van der Waals surface area contributed by atoms with Crippen LogP contribution in [0.4, 0.5) is 5.69 Å². The van der Waals surface area contributed by atoms with E-state index in [2.05, 4.69) is 17.4 Å². The van der Waals surface area contributed by atoms with E-state index in [1.54, 1.807) is 0 Å². The van der Waals surface area contributed by atoms with Crippen LogP contribution in [0.1, 0.15) is 30.9 Å². The van der Waals surface area contributed by atoms with Crippen LogP contribution in [0, 0.1) is 0 Å². The highest BCUT2D eigenvalue weighted by Gasteiger charge is 2.37. The zero-order valence-corrected chi connectivity index (χ0v) is 11.1. The summed E-state index contributed by atoms with van der Waals surface area (Å²) in [5, 5.41) is 3.20. The predicted octanol–water partition coefficient (Wildman–Crippen LogP) is 1.73. The van der Waals surface area contributed by atoms with Crippen LogP contribution in [0.5, 0.6) is 0 Å². The van der Waals surface area contributed by atoms with Crippen LogP contribution in [0.25, 0.3) is 0 Å². The molecule has 0 saturated carbocycles. The lowest BCUT2D eigenvalue weighted by Crippen LogP contribution is -2.34. The first-order valence-electron chi connectivity index (χ1n) is 6.91. The second kappa shape index (κ2) is 4.68. The summed E-state index contributed by atoms with van der Waals surface area (Å²) in [6.45, 7) is 2.29. The van der Waals surface area contributed by atoms with Gasteiger partial charge in [0.15, 0.2) is 0 Å². The smallest absolute Gasteiger partial charge is 0.252 e. The number of nitrogens with zero attached hydrogens (tertiary/aromatic N) is 1. The molecule has 1 saturated heterocycles. The Balaban J connectivity index is 1.75. The van der Waals surface area contributed by atoms with Gasteiger partial charge < -0.3 is 5.32 Å². The number of rotatable bonds is 3. The van der Waals surface area contributed by atoms with Gasteiger partial charge in [0.25, 0.3) is 5.91 Å². The van der Waals surface area contributed by atoms with Crippen LogP contribution in [0.15, 0.2) is 18.2 Å². The number of hydrogen-bond donors (Lipinski definition) is 1. The normalized spacial score (nSPS) is 21.9. The summed E-state index contributed by atoms with van der Waals surface area (Å²) in [4.78, 5) is 25.0. The van der Waals surface area contributed by atoms with Gasteiger partial charge in [0.1, 0.15) is 6.04 Å². The number of benzene rings is 1. The van der Waals surface area contributed by atoms with Gasteiger partial charge in [-0.3, -0.25) is 14.5 Å². The monoisotopic (exact) mass is 258 g/mol. The highest BCUT2D eigenvalue weighted by atomic mass is 16.2. The Morgan fingerprint density at radius 1 is 1.26 bits per heavy atom. The van der Waals surface area contributed by atoms with Crippen molar-refractivity contribution >= 4 is 17.5 Å². The van der Waals surface area contributed by atoms with Crippen molar-refractivity contribution in [3.05, 3.63) is 29.3 Å². The minimum Gasteiger partial charge on any atom is -0.373 e. The molecule has 4 nitrogen and oxygen atoms in total. The molecule has 100 valence electrons. The van der Waals surface area contributed by atoms with E-state index in [0.717, 1.165) is 18.5 Å². The van der Waals surface area contributed by atoms with E-state index in [0.29, 0.717) is 6.54 Å². The minimum absolute atomic E-state index is 0.0776. The zero-order valence-electron chi connectivity index (χ0n) is 11.1. The van der Waals surface area contributed by atoms with Crippen LogP contribution in [-0.2, 0) is 22.4 Å². The van der Waals surface area contributed by atoms with Crippen molar-refractivity contribution in [2.45, 2.75) is 38.6 Å². The third kappa shape index (κ3) is 2.11. The van der Waals surface area contributed by atoms with Gasteiger partial charge in [-0.25, -0.2) is 0 Å². The Labute approximate surface area is 112 Å². The first kappa shape index (κ1) is 12.2. The van der Waals surface area contributed by atoms with Gasteiger partial charge in [-0.1, -0.05) is 6.07 Å². The maximum absolute atomic E-state index is 12.0. The Morgan fingerprint density at radius 2 is 2.05 bits per heavy atom. The number of likely N-dealkylation sites (N-methyl/N-ethyl adjacent to an activating group) is 1. The number of fused-ring (bicyclic) bond motifs is 1. The maximum Gasteiger partial charge on any atom is 0.252 e. The molecule has 4 heteroatoms. The number of anilines is 1. The minimum atomic E-state index is -0.396. The molecule has 1 aliphatic heterocycles. The molecule has 1 aliphatic carbocycles. The van der Waals surface area contributed by atoms with Crippen molar-refractivity contribution in [2.24, 2.45) is 0 Å². The first-order chi connectivity index (χ1) is 9.19. The number of hydrogen-bond acceptors (Lipinski definition) is 3. The number of amides is 2. The lowest BCUT2D eigenvalue weighted by atomic mass is 10.1. The summed E-state index contributed by atoms with van der Waals surface area (Å²) < 4.78 is 0. The highest BCUT2D eigenvalue weighted by Crippen LogP contribution is 2.26. The second-order valence-corrected chi connectivity index (χ2v) is 5.21. The second-order valence-electron chi connectivity index (χ2n) is 5.21. The summed E-state index contributed by atoms with van der Waals surface area (Å²) in [5.74, 6) is -0.181. The standard InChI is InChI=1S/C15H18N2O2/c1-2-17-14(18)9-13(15(17)19)16-12-7-6-10-4-3-5-11(10)8-12/h6-8,13,16H,2-5,9H2,1H3/t13-/m1/s1. The fraction of sp³-hybridized carbons (Fsp3) is 0.467. The van der Waals surface area contributed by atoms with Crippen molar-refractivity contribution < 1.29 is 9.59 Å². The van der Waals surface area contributed by atoms with E-state index in [4.69, 9.17) is 0 Å². The summed E-state index contributed by atoms with van der Waals surface area (Å²) in [7, 11) is 0. The Hall–Kier alpha value is -1.84. The quantitative estimate of drug-likeness (QED) is 0.840. The van der Waals surface area contributed by atoms with E-state index in [-0.39, 0.29) is 18.2 Å². The van der Waals surface area contributed by atoms with Crippen molar-refractivity contribution in [1.82, 2.24) is 4.90 Å². The van der Waals surface area contributed by atoms with E-state index in [1.165, 1.54) is 22.4 Å². The van der Waals surface area contributed by atoms with Gasteiger partial charge >= 0.3 is 0 Å². The van der Waals surface area contributed by atoms with Crippen LogP contribution < -0.4 is 5.32 Å². The molecule has 1 aromatic carbocycles. The molecule has 2 amide bonds. The van der Waals surface area contributed by atoms with Gasteiger partial charge in [-0.2, -0.15) is 0 Å². The van der Waals surface area contributed by atoms with Gasteiger partial charge in [-0.15, -0.1) is 0 Å². The van der Waals surface area contributed by atoms with E-state index < -0.39 is 6.04 Å². The Morgan fingerprint density at radius 3 is 2.79 bits per heavy atom. The van der Waals surface area contributed by atoms with Crippen LogP contribution in [0.2, 0.25) is 0 Å². The van der Waals surface area contributed by atoms with Gasteiger partial charge in [-0.05, 0) is 49.4 Å². The van der Waals surface area contributed by atoms with Crippen molar-refractivity contribution in [2.75, 3.05) is 11.9 Å². The topological polar surface area (TPSA) is 49.4 Å². The Bertz CT molecular complexity index is 539. The largest absolute Gasteiger partial charge is 0.373 e. The molecule has 19 heavy (non-hydrogen) atoms. The van der Waals surface area contributed by atoms with Gasteiger partial charge in [0.05, 0.1) is 6.42 Å². The number of carbonyl (C=O) groups is 2. The Kier molecular flexibility index (Phi) is 3.01. The SMILES string of the molecule is CCN1C(=O)C[C@@H](Nc2ccc3c(c2)CCC3)C1=O. The summed E-state index contributed by atoms with van der Waals surface area (Å²) in [6, 6.07) is 5.86. The van der Waals surface area contributed by atoms with Crippen molar-refractivity contribution in [3.63, 3.8) is 0 Å². The summed E-state index contributed by atoms with van der Waals surface area (Å²) in [6.07, 6.45) is 3.75. The number of imide groups is 1. The van der Waals surface area contributed by atoms with Crippen molar-refractivity contribution in [3.8, 4) is 0 Å².